The summed E-state index contributed by atoms with van der Waals surface area (Å²) in [6, 6.07) is 15.0. The molecule has 1 aliphatic heterocycles. The molecule has 0 atom stereocenters. The molecule has 0 saturated carbocycles. The van der Waals surface area contributed by atoms with Crippen LogP contribution in [0.15, 0.2) is 69.2 Å². The second kappa shape index (κ2) is 8.67. The monoisotopic (exact) mass is 438 g/mol. The van der Waals surface area contributed by atoms with Crippen molar-refractivity contribution in [2.24, 2.45) is 0 Å². The molecule has 0 aliphatic carbocycles. The maximum atomic E-state index is 13.4. The van der Waals surface area contributed by atoms with E-state index in [0.29, 0.717) is 24.0 Å². The first-order chi connectivity index (χ1) is 14.9. The molecule has 31 heavy (non-hydrogen) atoms. The third-order valence-corrected chi connectivity index (χ3v) is 7.64. The molecule has 0 N–H and O–H groups in total. The Balaban J connectivity index is 1.88. The Bertz CT molecular complexity index is 1270. The van der Waals surface area contributed by atoms with Crippen molar-refractivity contribution in [1.29, 1.82) is 0 Å². The standard InChI is InChI=1S/C24H26N2O4S/c1-2-18-11-12-21-19(15-18)16-22(31(29,30)20-9-5-3-6-10-20)24(28)26(21)17-23(27)25-13-7-4-8-14-25/h3,5-6,9-12,15-16H,2,4,7-8,13-14,17H2,1H3. The minimum Gasteiger partial charge on any atom is -0.341 e. The lowest BCUT2D eigenvalue weighted by Crippen LogP contribution is -2.40. The number of rotatable bonds is 5. The van der Waals surface area contributed by atoms with Crippen molar-refractivity contribution in [2.75, 3.05) is 13.1 Å². The van der Waals surface area contributed by atoms with E-state index in [1.165, 1.54) is 22.8 Å². The van der Waals surface area contributed by atoms with Crippen LogP contribution >= 0.6 is 0 Å². The first kappa shape index (κ1) is 21.3. The number of likely N-dealkylation sites (tertiary alicyclic amines) is 1. The SMILES string of the molecule is CCc1ccc2c(c1)cc(S(=O)(=O)c1ccccc1)c(=O)n2CC(=O)N1CCCCC1. The van der Waals surface area contributed by atoms with Crippen molar-refractivity contribution in [3.05, 3.63) is 70.5 Å². The van der Waals surface area contributed by atoms with Crippen molar-refractivity contribution in [3.8, 4) is 0 Å². The fourth-order valence-electron chi connectivity index (χ4n) is 4.09. The Kier molecular flexibility index (Phi) is 5.96. The van der Waals surface area contributed by atoms with Crippen LogP contribution in [0.5, 0.6) is 0 Å². The van der Waals surface area contributed by atoms with Crippen LogP contribution in [0, 0.1) is 0 Å². The maximum Gasteiger partial charge on any atom is 0.270 e. The summed E-state index contributed by atoms with van der Waals surface area (Å²) in [6.07, 6.45) is 3.77. The van der Waals surface area contributed by atoms with E-state index in [2.05, 4.69) is 0 Å². The zero-order chi connectivity index (χ0) is 22.0. The molecule has 3 aromatic rings. The lowest BCUT2D eigenvalue weighted by atomic mass is 10.1. The molecule has 1 amide bonds. The van der Waals surface area contributed by atoms with E-state index in [1.54, 1.807) is 29.2 Å². The number of sulfone groups is 1. The van der Waals surface area contributed by atoms with Crippen molar-refractivity contribution in [2.45, 2.75) is 48.9 Å². The number of hydrogen-bond acceptors (Lipinski definition) is 4. The van der Waals surface area contributed by atoms with Crippen LogP contribution in [0.4, 0.5) is 0 Å². The fraction of sp³-hybridized carbons (Fsp3) is 0.333. The molecule has 1 aliphatic rings. The van der Waals surface area contributed by atoms with Gasteiger partial charge in [0.2, 0.25) is 15.7 Å². The molecule has 0 unspecified atom stereocenters. The van der Waals surface area contributed by atoms with Gasteiger partial charge in [0.1, 0.15) is 11.4 Å². The highest BCUT2D eigenvalue weighted by molar-refractivity contribution is 7.91. The Morgan fingerprint density at radius 2 is 1.68 bits per heavy atom. The number of piperidine rings is 1. The van der Waals surface area contributed by atoms with Crippen molar-refractivity contribution in [3.63, 3.8) is 0 Å². The van der Waals surface area contributed by atoms with Gasteiger partial charge in [0.05, 0.1) is 10.4 Å². The van der Waals surface area contributed by atoms with E-state index < -0.39 is 15.4 Å². The maximum absolute atomic E-state index is 13.4. The van der Waals surface area contributed by atoms with Crippen LogP contribution in [0.1, 0.15) is 31.7 Å². The molecule has 1 fully saturated rings. The van der Waals surface area contributed by atoms with E-state index >= 15 is 0 Å². The normalized spacial score (nSPS) is 14.7. The van der Waals surface area contributed by atoms with Crippen LogP contribution in [0.3, 0.4) is 0 Å². The van der Waals surface area contributed by atoms with Crippen LogP contribution in [-0.2, 0) is 27.6 Å². The van der Waals surface area contributed by atoms with Gasteiger partial charge >= 0.3 is 0 Å². The third kappa shape index (κ3) is 4.14. The summed E-state index contributed by atoms with van der Waals surface area (Å²) in [7, 11) is -4.02. The van der Waals surface area contributed by atoms with Gasteiger partial charge in [-0.3, -0.25) is 14.2 Å². The van der Waals surface area contributed by atoms with E-state index in [1.807, 2.05) is 19.1 Å². The molecule has 0 radical (unpaired) electrons. The van der Waals surface area contributed by atoms with Crippen LogP contribution in [0.2, 0.25) is 0 Å². The molecule has 0 spiro atoms. The summed E-state index contributed by atoms with van der Waals surface area (Å²) in [6.45, 7) is 3.19. The van der Waals surface area contributed by atoms with Crippen molar-refractivity contribution >= 4 is 26.6 Å². The number of pyridine rings is 1. The molecule has 162 valence electrons. The quantitative estimate of drug-likeness (QED) is 0.612. The van der Waals surface area contributed by atoms with Gasteiger partial charge < -0.3 is 4.90 Å². The van der Waals surface area contributed by atoms with Crippen LogP contribution < -0.4 is 5.56 Å². The van der Waals surface area contributed by atoms with Crippen LogP contribution in [0.25, 0.3) is 10.9 Å². The zero-order valence-electron chi connectivity index (χ0n) is 17.6. The second-order valence-electron chi connectivity index (χ2n) is 7.90. The Hall–Kier alpha value is -2.93. The predicted molar refractivity (Wildman–Crippen MR) is 120 cm³/mol. The largest absolute Gasteiger partial charge is 0.341 e. The van der Waals surface area contributed by atoms with Crippen molar-refractivity contribution in [1.82, 2.24) is 9.47 Å². The molecular formula is C24H26N2O4S. The second-order valence-corrected chi connectivity index (χ2v) is 9.82. The number of benzene rings is 2. The Labute approximate surface area is 182 Å². The van der Waals surface area contributed by atoms with Gasteiger partial charge in [-0.25, -0.2) is 8.42 Å². The van der Waals surface area contributed by atoms with Crippen LogP contribution in [-0.4, -0.2) is 36.9 Å². The summed E-state index contributed by atoms with van der Waals surface area (Å²) in [5, 5.41) is 0.639. The van der Waals surface area contributed by atoms with Gasteiger partial charge in [-0.1, -0.05) is 31.2 Å². The van der Waals surface area contributed by atoms with Gasteiger partial charge in [-0.15, -0.1) is 0 Å². The number of fused-ring (bicyclic) bond motifs is 1. The number of carbonyl (C=O) groups excluding carboxylic acids is 1. The zero-order valence-corrected chi connectivity index (χ0v) is 18.4. The molecule has 2 aromatic carbocycles. The average molecular weight is 439 g/mol. The first-order valence-corrected chi connectivity index (χ1v) is 12.1. The lowest BCUT2D eigenvalue weighted by Gasteiger charge is -2.27. The highest BCUT2D eigenvalue weighted by atomic mass is 32.2. The lowest BCUT2D eigenvalue weighted by molar-refractivity contribution is -0.132. The van der Waals surface area contributed by atoms with E-state index in [9.17, 15) is 18.0 Å². The predicted octanol–water partition coefficient (Wildman–Crippen LogP) is 3.41. The van der Waals surface area contributed by atoms with E-state index in [4.69, 9.17) is 0 Å². The summed E-state index contributed by atoms with van der Waals surface area (Å²) in [5.74, 6) is -0.156. The molecule has 6 nitrogen and oxygen atoms in total. The number of hydrogen-bond donors (Lipinski definition) is 0. The van der Waals surface area contributed by atoms with E-state index in [0.717, 1.165) is 31.2 Å². The smallest absolute Gasteiger partial charge is 0.270 e. The highest BCUT2D eigenvalue weighted by Crippen LogP contribution is 2.23. The summed E-state index contributed by atoms with van der Waals surface area (Å²) in [5.41, 5.74) is 0.939. The third-order valence-electron chi connectivity index (χ3n) is 5.88. The molecule has 1 saturated heterocycles. The van der Waals surface area contributed by atoms with Gasteiger partial charge in [0, 0.05) is 18.5 Å². The first-order valence-electron chi connectivity index (χ1n) is 10.7. The summed E-state index contributed by atoms with van der Waals surface area (Å²) >= 11 is 0. The summed E-state index contributed by atoms with van der Waals surface area (Å²) < 4.78 is 27.9. The van der Waals surface area contributed by atoms with E-state index in [-0.39, 0.29) is 22.2 Å². The molecule has 7 heteroatoms. The molecule has 2 heterocycles. The Morgan fingerprint density at radius 1 is 0.968 bits per heavy atom. The number of carbonyl (C=O) groups is 1. The topological polar surface area (TPSA) is 76.5 Å². The van der Waals surface area contributed by atoms with Gasteiger partial charge in [-0.05, 0) is 61.6 Å². The number of nitrogens with zero attached hydrogens (tertiary/aromatic N) is 2. The molecule has 1 aromatic heterocycles. The van der Waals surface area contributed by atoms with Crippen molar-refractivity contribution < 1.29 is 13.2 Å². The number of amides is 1. The fourth-order valence-corrected chi connectivity index (χ4v) is 5.48. The molecular weight excluding hydrogens is 412 g/mol. The van der Waals surface area contributed by atoms with Gasteiger partial charge in [0.15, 0.2) is 0 Å². The molecule has 4 rings (SSSR count). The molecule has 0 bridgehead atoms. The summed E-state index contributed by atoms with van der Waals surface area (Å²) in [4.78, 5) is 27.8. The highest BCUT2D eigenvalue weighted by Gasteiger charge is 2.25. The van der Waals surface area contributed by atoms with Gasteiger partial charge in [-0.2, -0.15) is 0 Å². The average Bonchev–Trinajstić information content (AvgIpc) is 2.81. The minimum atomic E-state index is -4.02. The van der Waals surface area contributed by atoms with Gasteiger partial charge in [0.25, 0.3) is 5.56 Å². The Morgan fingerprint density at radius 3 is 2.35 bits per heavy atom. The minimum absolute atomic E-state index is 0.0620. The number of aromatic nitrogens is 1. The number of aryl methyl sites for hydroxylation is 1.